The van der Waals surface area contributed by atoms with Gasteiger partial charge in [-0.3, -0.25) is 4.79 Å². The van der Waals surface area contributed by atoms with Crippen LogP contribution in [0.5, 0.6) is 11.5 Å². The first-order chi connectivity index (χ1) is 13.0. The largest absolute Gasteiger partial charge is 0.497 e. The summed E-state index contributed by atoms with van der Waals surface area (Å²) < 4.78 is 17.0. The maximum absolute atomic E-state index is 12.1. The number of methoxy groups -OCH3 is 2. The molecule has 2 aromatic heterocycles. The molecule has 0 aliphatic carbocycles. The van der Waals surface area contributed by atoms with Crippen molar-refractivity contribution < 1.29 is 23.8 Å². The normalized spacial score (nSPS) is 10.5. The van der Waals surface area contributed by atoms with Gasteiger partial charge in [-0.1, -0.05) is 0 Å². The molecule has 140 valence electrons. The van der Waals surface area contributed by atoms with Crippen LogP contribution in [-0.4, -0.2) is 42.1 Å². The quantitative estimate of drug-likeness (QED) is 0.671. The minimum absolute atomic E-state index is 0.136. The average Bonchev–Trinajstić information content (AvgIpc) is 3.08. The third-order valence-electron chi connectivity index (χ3n) is 3.79. The number of carbonyl (C=O) groups excluding carboxylic acids is 2. The van der Waals surface area contributed by atoms with Gasteiger partial charge in [0.05, 0.1) is 14.2 Å². The van der Waals surface area contributed by atoms with Gasteiger partial charge in [-0.15, -0.1) is 0 Å². The van der Waals surface area contributed by atoms with E-state index in [-0.39, 0.29) is 5.69 Å². The Labute approximate surface area is 155 Å². The fraction of sp³-hybridized carbons (Fsp3) is 0.211. The summed E-state index contributed by atoms with van der Waals surface area (Å²) in [6, 6.07) is 8.69. The Morgan fingerprint density at radius 2 is 1.81 bits per heavy atom. The second-order valence-corrected chi connectivity index (χ2v) is 5.82. The number of amides is 1. The molecule has 1 amide bonds. The van der Waals surface area contributed by atoms with Crippen LogP contribution in [0.25, 0.3) is 5.65 Å². The number of pyridine rings is 1. The highest BCUT2D eigenvalue weighted by atomic mass is 16.5. The van der Waals surface area contributed by atoms with E-state index in [9.17, 15) is 9.59 Å². The summed E-state index contributed by atoms with van der Waals surface area (Å²) in [5.74, 6) is -0.101. The second-order valence-electron chi connectivity index (χ2n) is 5.82. The number of nitrogens with one attached hydrogen (secondary N) is 1. The smallest absolute Gasteiger partial charge is 0.359 e. The third kappa shape index (κ3) is 4.35. The Balaban J connectivity index is 1.62. The molecule has 0 atom stereocenters. The number of benzene rings is 1. The maximum Gasteiger partial charge on any atom is 0.359 e. The van der Waals surface area contributed by atoms with Crippen molar-refractivity contribution in [2.45, 2.75) is 6.92 Å². The van der Waals surface area contributed by atoms with E-state index in [2.05, 4.69) is 10.3 Å². The number of carbonyl (C=O) groups is 2. The molecule has 8 heteroatoms. The number of aryl methyl sites for hydroxylation is 1. The van der Waals surface area contributed by atoms with Gasteiger partial charge in [0.15, 0.2) is 12.3 Å². The van der Waals surface area contributed by atoms with Crippen LogP contribution in [0.2, 0.25) is 0 Å². The number of esters is 1. The fourth-order valence-electron chi connectivity index (χ4n) is 2.46. The van der Waals surface area contributed by atoms with Gasteiger partial charge in [-0.05, 0) is 24.6 Å². The lowest BCUT2D eigenvalue weighted by molar-refractivity contribution is -0.119. The van der Waals surface area contributed by atoms with Gasteiger partial charge >= 0.3 is 5.97 Å². The predicted molar refractivity (Wildman–Crippen MR) is 98.4 cm³/mol. The Kier molecular flexibility index (Phi) is 5.25. The number of hydrogen-bond donors (Lipinski definition) is 1. The van der Waals surface area contributed by atoms with Gasteiger partial charge in [-0.2, -0.15) is 0 Å². The lowest BCUT2D eigenvalue weighted by Crippen LogP contribution is -2.21. The van der Waals surface area contributed by atoms with E-state index in [1.165, 1.54) is 14.2 Å². The first-order valence-electron chi connectivity index (χ1n) is 8.14. The number of imidazole rings is 1. The van der Waals surface area contributed by atoms with Gasteiger partial charge in [0, 0.05) is 36.3 Å². The molecule has 0 fully saturated rings. The molecule has 0 spiro atoms. The SMILES string of the molecule is COc1cc(NC(=O)COC(=O)c2cn3ccc(C)cc3n2)cc(OC)c1. The van der Waals surface area contributed by atoms with Crippen LogP contribution in [0.1, 0.15) is 16.1 Å². The summed E-state index contributed by atoms with van der Waals surface area (Å²) in [5, 5.41) is 2.63. The van der Waals surface area contributed by atoms with Crippen LogP contribution in [0.15, 0.2) is 42.7 Å². The zero-order valence-corrected chi connectivity index (χ0v) is 15.2. The van der Waals surface area contributed by atoms with Crippen molar-refractivity contribution in [2.75, 3.05) is 26.1 Å². The molecular formula is C19H19N3O5. The van der Waals surface area contributed by atoms with Gasteiger partial charge in [-0.25, -0.2) is 9.78 Å². The molecule has 27 heavy (non-hydrogen) atoms. The molecule has 1 N–H and O–H groups in total. The summed E-state index contributed by atoms with van der Waals surface area (Å²) in [4.78, 5) is 28.4. The highest BCUT2D eigenvalue weighted by Crippen LogP contribution is 2.25. The van der Waals surface area contributed by atoms with Crippen molar-refractivity contribution in [2.24, 2.45) is 0 Å². The molecule has 0 bridgehead atoms. The Hall–Kier alpha value is -3.55. The summed E-state index contributed by atoms with van der Waals surface area (Å²) in [5.41, 5.74) is 2.27. The number of fused-ring (bicyclic) bond motifs is 1. The Morgan fingerprint density at radius 1 is 1.11 bits per heavy atom. The third-order valence-corrected chi connectivity index (χ3v) is 3.79. The molecule has 0 unspecified atom stereocenters. The van der Waals surface area contributed by atoms with Gasteiger partial charge in [0.25, 0.3) is 5.91 Å². The molecule has 2 heterocycles. The van der Waals surface area contributed by atoms with E-state index >= 15 is 0 Å². The van der Waals surface area contributed by atoms with Crippen molar-refractivity contribution in [3.05, 3.63) is 54.0 Å². The topological polar surface area (TPSA) is 91.2 Å². The first kappa shape index (κ1) is 18.2. The number of ether oxygens (including phenoxy) is 3. The van der Waals surface area contributed by atoms with Crippen LogP contribution < -0.4 is 14.8 Å². The van der Waals surface area contributed by atoms with E-state index < -0.39 is 18.5 Å². The average molecular weight is 369 g/mol. The molecule has 0 saturated carbocycles. The molecule has 3 aromatic rings. The number of rotatable bonds is 6. The van der Waals surface area contributed by atoms with E-state index in [0.29, 0.717) is 22.8 Å². The zero-order valence-electron chi connectivity index (χ0n) is 15.2. The maximum atomic E-state index is 12.1. The monoisotopic (exact) mass is 369 g/mol. The lowest BCUT2D eigenvalue weighted by atomic mass is 10.2. The van der Waals surface area contributed by atoms with Crippen molar-refractivity contribution in [3.8, 4) is 11.5 Å². The highest BCUT2D eigenvalue weighted by molar-refractivity contribution is 5.95. The van der Waals surface area contributed by atoms with E-state index in [1.807, 2.05) is 19.1 Å². The standard InChI is InChI=1S/C19H19N3O5/c1-12-4-5-22-10-16(21-17(22)6-12)19(24)27-11-18(23)20-13-7-14(25-2)9-15(8-13)26-3/h4-10H,11H2,1-3H3,(H,20,23). The second kappa shape index (κ2) is 7.77. The molecule has 3 rings (SSSR count). The minimum atomic E-state index is -0.672. The van der Waals surface area contributed by atoms with Crippen molar-refractivity contribution in [1.82, 2.24) is 9.38 Å². The summed E-state index contributed by atoms with van der Waals surface area (Å²) in [7, 11) is 3.02. The first-order valence-corrected chi connectivity index (χ1v) is 8.14. The van der Waals surface area contributed by atoms with Gasteiger partial charge < -0.3 is 23.9 Å². The molecule has 0 saturated heterocycles. The number of aromatic nitrogens is 2. The van der Waals surface area contributed by atoms with Crippen LogP contribution in [0.3, 0.4) is 0 Å². The summed E-state index contributed by atoms with van der Waals surface area (Å²) in [6.07, 6.45) is 3.36. The number of nitrogens with zero attached hydrogens (tertiary/aromatic N) is 2. The van der Waals surface area contributed by atoms with Crippen molar-refractivity contribution in [1.29, 1.82) is 0 Å². The number of hydrogen-bond acceptors (Lipinski definition) is 6. The van der Waals surface area contributed by atoms with E-state index in [1.54, 1.807) is 35.0 Å². The van der Waals surface area contributed by atoms with Gasteiger partial charge in [0.1, 0.15) is 17.1 Å². The molecular weight excluding hydrogens is 350 g/mol. The summed E-state index contributed by atoms with van der Waals surface area (Å²) >= 11 is 0. The van der Waals surface area contributed by atoms with Crippen LogP contribution >= 0.6 is 0 Å². The zero-order chi connectivity index (χ0) is 19.4. The predicted octanol–water partition coefficient (Wildman–Crippen LogP) is 2.46. The van der Waals surface area contributed by atoms with Crippen molar-refractivity contribution >= 4 is 23.2 Å². The fourth-order valence-corrected chi connectivity index (χ4v) is 2.46. The van der Waals surface area contributed by atoms with Crippen LogP contribution in [0, 0.1) is 6.92 Å². The summed E-state index contributed by atoms with van der Waals surface area (Å²) in [6.45, 7) is 1.50. The molecule has 0 aliphatic rings. The van der Waals surface area contributed by atoms with Crippen LogP contribution in [-0.2, 0) is 9.53 Å². The molecule has 8 nitrogen and oxygen atoms in total. The van der Waals surface area contributed by atoms with Crippen LogP contribution in [0.4, 0.5) is 5.69 Å². The molecule has 1 aromatic carbocycles. The molecule has 0 aliphatic heterocycles. The number of anilines is 1. The Morgan fingerprint density at radius 3 is 2.48 bits per heavy atom. The van der Waals surface area contributed by atoms with E-state index in [0.717, 1.165) is 5.56 Å². The van der Waals surface area contributed by atoms with Crippen molar-refractivity contribution in [3.63, 3.8) is 0 Å². The van der Waals surface area contributed by atoms with Gasteiger partial charge in [0.2, 0.25) is 0 Å². The lowest BCUT2D eigenvalue weighted by Gasteiger charge is -2.10. The minimum Gasteiger partial charge on any atom is -0.497 e. The van der Waals surface area contributed by atoms with E-state index in [4.69, 9.17) is 14.2 Å². The highest BCUT2D eigenvalue weighted by Gasteiger charge is 2.15. The molecule has 0 radical (unpaired) electrons. The Bertz CT molecular complexity index is 974.